The van der Waals surface area contributed by atoms with Crippen LogP contribution in [0.4, 0.5) is 17.3 Å². The molecular weight excluding hydrogens is 410 g/mol. The molecule has 0 bridgehead atoms. The molecule has 2 aromatic carbocycles. The van der Waals surface area contributed by atoms with Gasteiger partial charge in [-0.15, -0.1) is 0 Å². The van der Waals surface area contributed by atoms with Crippen molar-refractivity contribution in [3.05, 3.63) is 81.7 Å². The maximum absolute atomic E-state index is 12.5. The van der Waals surface area contributed by atoms with Crippen molar-refractivity contribution in [2.24, 2.45) is 0 Å². The highest BCUT2D eigenvalue weighted by Crippen LogP contribution is 2.18. The van der Waals surface area contributed by atoms with Gasteiger partial charge in [0.2, 0.25) is 5.95 Å². The first-order valence-corrected chi connectivity index (χ1v) is 10.1. The van der Waals surface area contributed by atoms with E-state index in [0.29, 0.717) is 17.1 Å². The molecule has 0 aliphatic heterocycles. The smallest absolute Gasteiger partial charge is 0.269 e. The molecule has 3 aromatic rings. The van der Waals surface area contributed by atoms with E-state index in [0.717, 1.165) is 0 Å². The van der Waals surface area contributed by atoms with Crippen LogP contribution in [0.15, 0.2) is 59.5 Å². The molecule has 0 fully saturated rings. The fourth-order valence-corrected chi connectivity index (χ4v) is 3.55. The van der Waals surface area contributed by atoms with E-state index in [1.54, 1.807) is 19.9 Å². The van der Waals surface area contributed by atoms with E-state index in [9.17, 15) is 23.3 Å². The molecule has 30 heavy (non-hydrogen) atoms. The van der Waals surface area contributed by atoms with Crippen LogP contribution in [-0.2, 0) is 10.0 Å². The van der Waals surface area contributed by atoms with Crippen molar-refractivity contribution < 1.29 is 18.1 Å². The standard InChI is InChI=1S/C19H17N5O5S/c1-12-11-13(2)21-19(20-12)23-30(28,29)17-9-5-15(6-10-17)22-18(25)14-3-7-16(8-4-14)24(26)27/h3-11H,1-2H3,(H,22,25)(H,20,21,23). The van der Waals surface area contributed by atoms with Gasteiger partial charge in [-0.2, -0.15) is 0 Å². The van der Waals surface area contributed by atoms with Crippen molar-refractivity contribution in [1.82, 2.24) is 9.97 Å². The summed E-state index contributed by atoms with van der Waals surface area (Å²) in [6.45, 7) is 3.46. The first-order valence-electron chi connectivity index (χ1n) is 8.65. The third kappa shape index (κ3) is 4.94. The summed E-state index contributed by atoms with van der Waals surface area (Å²) in [4.78, 5) is 30.4. The van der Waals surface area contributed by atoms with Crippen LogP contribution in [0, 0.1) is 24.0 Å². The summed E-state index contributed by atoms with van der Waals surface area (Å²) in [7, 11) is -3.91. The Balaban J connectivity index is 1.72. The van der Waals surface area contributed by atoms with E-state index in [-0.39, 0.29) is 22.1 Å². The van der Waals surface area contributed by atoms with Crippen LogP contribution < -0.4 is 10.0 Å². The number of nitro benzene ring substituents is 1. The highest BCUT2D eigenvalue weighted by Gasteiger charge is 2.17. The number of nitrogens with zero attached hydrogens (tertiary/aromatic N) is 3. The summed E-state index contributed by atoms with van der Waals surface area (Å²) in [6.07, 6.45) is 0. The molecule has 0 radical (unpaired) electrons. The van der Waals surface area contributed by atoms with Crippen molar-refractivity contribution in [3.8, 4) is 0 Å². The maximum Gasteiger partial charge on any atom is 0.269 e. The summed E-state index contributed by atoms with van der Waals surface area (Å²) in [6, 6.07) is 12.4. The van der Waals surface area contributed by atoms with E-state index in [1.807, 2.05) is 0 Å². The Hall–Kier alpha value is -3.86. The number of nitro groups is 1. The van der Waals surface area contributed by atoms with Gasteiger partial charge in [-0.25, -0.2) is 23.1 Å². The molecule has 0 saturated heterocycles. The van der Waals surface area contributed by atoms with Crippen molar-refractivity contribution >= 4 is 33.3 Å². The molecule has 0 spiro atoms. The highest BCUT2D eigenvalue weighted by molar-refractivity contribution is 7.92. The highest BCUT2D eigenvalue weighted by atomic mass is 32.2. The number of non-ortho nitro benzene ring substituents is 1. The second-order valence-electron chi connectivity index (χ2n) is 6.36. The second kappa shape index (κ2) is 8.25. The van der Waals surface area contributed by atoms with E-state index in [2.05, 4.69) is 20.0 Å². The third-order valence-corrected chi connectivity index (χ3v) is 5.31. The number of hydrogen-bond acceptors (Lipinski definition) is 7. The molecule has 1 heterocycles. The van der Waals surface area contributed by atoms with Crippen LogP contribution in [0.3, 0.4) is 0 Å². The van der Waals surface area contributed by atoms with Crippen molar-refractivity contribution in [2.45, 2.75) is 18.7 Å². The normalized spacial score (nSPS) is 11.0. The predicted molar refractivity (Wildman–Crippen MR) is 110 cm³/mol. The third-order valence-electron chi connectivity index (χ3n) is 3.97. The fourth-order valence-electron chi connectivity index (χ4n) is 2.61. The largest absolute Gasteiger partial charge is 0.322 e. The van der Waals surface area contributed by atoms with Gasteiger partial charge in [0.1, 0.15) is 0 Å². The van der Waals surface area contributed by atoms with Crippen LogP contribution in [0.25, 0.3) is 0 Å². The molecule has 10 nitrogen and oxygen atoms in total. The monoisotopic (exact) mass is 427 g/mol. The van der Waals surface area contributed by atoms with E-state index >= 15 is 0 Å². The lowest BCUT2D eigenvalue weighted by Gasteiger charge is -2.09. The quantitative estimate of drug-likeness (QED) is 0.454. The minimum atomic E-state index is -3.91. The summed E-state index contributed by atoms with van der Waals surface area (Å²) < 4.78 is 27.4. The summed E-state index contributed by atoms with van der Waals surface area (Å²) in [5.41, 5.74) is 1.72. The Labute approximate surface area is 172 Å². The molecule has 0 atom stereocenters. The number of anilines is 2. The van der Waals surface area contributed by atoms with Crippen molar-refractivity contribution in [2.75, 3.05) is 10.0 Å². The number of rotatable bonds is 6. The zero-order chi connectivity index (χ0) is 21.9. The van der Waals surface area contributed by atoms with Gasteiger partial charge in [0.15, 0.2) is 0 Å². The maximum atomic E-state index is 12.5. The van der Waals surface area contributed by atoms with Gasteiger partial charge in [0.05, 0.1) is 9.82 Å². The molecule has 154 valence electrons. The second-order valence-corrected chi connectivity index (χ2v) is 8.04. The number of nitrogens with one attached hydrogen (secondary N) is 2. The van der Waals surface area contributed by atoms with E-state index in [4.69, 9.17) is 0 Å². The molecule has 2 N–H and O–H groups in total. The molecule has 0 unspecified atom stereocenters. The molecule has 0 aliphatic rings. The lowest BCUT2D eigenvalue weighted by molar-refractivity contribution is -0.384. The minimum absolute atomic E-state index is 0.0250. The Kier molecular flexibility index (Phi) is 5.74. The molecule has 1 aromatic heterocycles. The van der Waals surface area contributed by atoms with Gasteiger partial charge in [-0.05, 0) is 56.3 Å². The Bertz CT molecular complexity index is 1190. The minimum Gasteiger partial charge on any atom is -0.322 e. The van der Waals surface area contributed by atoms with Gasteiger partial charge >= 0.3 is 0 Å². The van der Waals surface area contributed by atoms with Crippen LogP contribution in [-0.4, -0.2) is 29.2 Å². The number of hydrogen-bond donors (Lipinski definition) is 2. The molecule has 11 heteroatoms. The lowest BCUT2D eigenvalue weighted by Crippen LogP contribution is -2.16. The molecule has 0 aliphatic carbocycles. The number of carbonyl (C=O) groups excluding carboxylic acids is 1. The van der Waals surface area contributed by atoms with Crippen molar-refractivity contribution in [3.63, 3.8) is 0 Å². The van der Waals surface area contributed by atoms with Gasteiger partial charge in [-0.3, -0.25) is 14.9 Å². The number of aromatic nitrogens is 2. The molecule has 1 amide bonds. The molecule has 0 saturated carbocycles. The van der Waals surface area contributed by atoms with Gasteiger partial charge < -0.3 is 5.32 Å². The first-order chi connectivity index (χ1) is 14.1. The van der Waals surface area contributed by atoms with Crippen LogP contribution in [0.5, 0.6) is 0 Å². The predicted octanol–water partition coefficient (Wildman–Crippen LogP) is 3.05. The van der Waals surface area contributed by atoms with Crippen molar-refractivity contribution in [1.29, 1.82) is 0 Å². The zero-order valence-electron chi connectivity index (χ0n) is 16.0. The fraction of sp³-hybridized carbons (Fsp3) is 0.105. The number of carbonyl (C=O) groups is 1. The SMILES string of the molecule is Cc1cc(C)nc(NS(=O)(=O)c2ccc(NC(=O)c3ccc([N+](=O)[O-])cc3)cc2)n1. The zero-order valence-corrected chi connectivity index (χ0v) is 16.8. The number of amides is 1. The summed E-state index contributed by atoms with van der Waals surface area (Å²) in [5.74, 6) is -0.509. The summed E-state index contributed by atoms with van der Waals surface area (Å²) in [5, 5.41) is 13.3. The number of benzene rings is 2. The van der Waals surface area contributed by atoms with E-state index < -0.39 is 20.9 Å². The van der Waals surface area contributed by atoms with E-state index in [1.165, 1.54) is 48.5 Å². The Morgan fingerprint density at radius 2 is 1.53 bits per heavy atom. The van der Waals surface area contributed by atoms with Gasteiger partial charge in [0.25, 0.3) is 21.6 Å². The van der Waals surface area contributed by atoms with Gasteiger partial charge in [-0.1, -0.05) is 0 Å². The van der Waals surface area contributed by atoms with Crippen LogP contribution in [0.1, 0.15) is 21.7 Å². The Morgan fingerprint density at radius 3 is 2.07 bits per heavy atom. The van der Waals surface area contributed by atoms with Crippen LogP contribution in [0.2, 0.25) is 0 Å². The number of aryl methyl sites for hydroxylation is 2. The molecular formula is C19H17N5O5S. The van der Waals surface area contributed by atoms with Crippen LogP contribution >= 0.6 is 0 Å². The average molecular weight is 427 g/mol. The summed E-state index contributed by atoms with van der Waals surface area (Å²) >= 11 is 0. The topological polar surface area (TPSA) is 144 Å². The first kappa shape index (κ1) is 20.9. The Morgan fingerprint density at radius 1 is 0.967 bits per heavy atom. The lowest BCUT2D eigenvalue weighted by atomic mass is 10.2. The molecule has 3 rings (SSSR count). The average Bonchev–Trinajstić information content (AvgIpc) is 2.67. The number of sulfonamides is 1. The van der Waals surface area contributed by atoms with Gasteiger partial charge in [0, 0.05) is 34.8 Å².